The molecule has 4 aromatic rings. The lowest BCUT2D eigenvalue weighted by atomic mass is 10.1. The highest BCUT2D eigenvalue weighted by Gasteiger charge is 2.14. The number of carbonyl (C=O) groups excluding carboxylic acids is 1. The van der Waals surface area contributed by atoms with E-state index in [1.165, 1.54) is 0 Å². The number of nitrogens with one attached hydrogen (secondary N) is 1. The maximum atomic E-state index is 12.6. The zero-order valence-corrected chi connectivity index (χ0v) is 17.6. The van der Waals surface area contributed by atoms with Gasteiger partial charge < -0.3 is 15.2 Å². The van der Waals surface area contributed by atoms with Crippen LogP contribution in [-0.4, -0.2) is 41.7 Å². The molecule has 0 aliphatic carbocycles. The Labute approximate surface area is 175 Å². The van der Waals surface area contributed by atoms with E-state index in [0.717, 1.165) is 46.1 Å². The van der Waals surface area contributed by atoms with E-state index < -0.39 is 0 Å². The highest BCUT2D eigenvalue weighted by molar-refractivity contribution is 6.03. The average Bonchev–Trinajstić information content (AvgIpc) is 3.16. The molecule has 7 heteroatoms. The van der Waals surface area contributed by atoms with Gasteiger partial charge in [-0.3, -0.25) is 14.7 Å². The molecule has 0 saturated carbocycles. The summed E-state index contributed by atoms with van der Waals surface area (Å²) in [6, 6.07) is 15.3. The fraction of sp³-hybridized carbons (Fsp3) is 0.261. The van der Waals surface area contributed by atoms with Crippen LogP contribution in [0.5, 0.6) is 0 Å². The van der Waals surface area contributed by atoms with Gasteiger partial charge in [-0.15, -0.1) is 0 Å². The normalized spacial score (nSPS) is 10.7. The van der Waals surface area contributed by atoms with E-state index in [1.54, 1.807) is 4.57 Å². The van der Waals surface area contributed by atoms with Gasteiger partial charge in [0.15, 0.2) is 0 Å². The molecule has 156 valence electrons. The van der Waals surface area contributed by atoms with Crippen LogP contribution in [0.2, 0.25) is 0 Å². The molecule has 0 atom stereocenters. The zero-order chi connectivity index (χ0) is 21.7. The Morgan fingerprint density at radius 2 is 1.83 bits per heavy atom. The monoisotopic (exact) mass is 405 g/mol. The highest BCUT2D eigenvalue weighted by Crippen LogP contribution is 2.22. The number of carbonyl (C=O) groups is 1. The lowest BCUT2D eigenvalue weighted by Crippen LogP contribution is -2.22. The van der Waals surface area contributed by atoms with Crippen molar-refractivity contribution < 1.29 is 4.79 Å². The van der Waals surface area contributed by atoms with Gasteiger partial charge in [-0.25, -0.2) is 0 Å². The number of benzene rings is 2. The molecule has 0 fully saturated rings. The first-order chi connectivity index (χ1) is 14.5. The molecule has 2 heterocycles. The SMILES string of the molecule is CN(C)c1ccc(C=O)cc1.Cc1[nH]nc2c1c(=O)n(CCCN)c1ccccc21. The van der Waals surface area contributed by atoms with Gasteiger partial charge in [0.25, 0.3) is 5.56 Å². The molecule has 0 bridgehead atoms. The maximum Gasteiger partial charge on any atom is 0.262 e. The number of rotatable bonds is 5. The van der Waals surface area contributed by atoms with E-state index in [4.69, 9.17) is 5.73 Å². The van der Waals surface area contributed by atoms with Crippen LogP contribution in [0, 0.1) is 6.92 Å². The third-order valence-electron chi connectivity index (χ3n) is 4.99. The van der Waals surface area contributed by atoms with Gasteiger partial charge in [0, 0.05) is 43.0 Å². The second kappa shape index (κ2) is 9.37. The molecule has 4 rings (SSSR count). The maximum absolute atomic E-state index is 12.6. The number of nitrogens with zero attached hydrogens (tertiary/aromatic N) is 3. The Morgan fingerprint density at radius 1 is 1.13 bits per heavy atom. The summed E-state index contributed by atoms with van der Waals surface area (Å²) < 4.78 is 1.80. The molecule has 0 amide bonds. The summed E-state index contributed by atoms with van der Waals surface area (Å²) >= 11 is 0. The molecule has 2 aromatic carbocycles. The molecule has 0 unspecified atom stereocenters. The molecule has 0 radical (unpaired) electrons. The zero-order valence-electron chi connectivity index (χ0n) is 17.6. The van der Waals surface area contributed by atoms with Crippen LogP contribution in [0.3, 0.4) is 0 Å². The number of aromatic nitrogens is 3. The van der Waals surface area contributed by atoms with Crippen molar-refractivity contribution in [3.63, 3.8) is 0 Å². The fourth-order valence-corrected chi connectivity index (χ4v) is 3.36. The Hall–Kier alpha value is -3.45. The largest absolute Gasteiger partial charge is 0.378 e. The lowest BCUT2D eigenvalue weighted by molar-refractivity contribution is 0.112. The van der Waals surface area contributed by atoms with Gasteiger partial charge in [-0.1, -0.05) is 18.2 Å². The second-order valence-electron chi connectivity index (χ2n) is 7.29. The van der Waals surface area contributed by atoms with Crippen molar-refractivity contribution in [2.75, 3.05) is 25.5 Å². The smallest absolute Gasteiger partial charge is 0.262 e. The summed E-state index contributed by atoms with van der Waals surface area (Å²) in [7, 11) is 3.94. The van der Waals surface area contributed by atoms with Crippen molar-refractivity contribution in [3.8, 4) is 0 Å². The minimum Gasteiger partial charge on any atom is -0.378 e. The summed E-state index contributed by atoms with van der Waals surface area (Å²) in [6.45, 7) is 3.08. The van der Waals surface area contributed by atoms with E-state index >= 15 is 0 Å². The molecular weight excluding hydrogens is 378 g/mol. The number of anilines is 1. The number of nitrogens with two attached hydrogens (primary N) is 1. The van der Waals surface area contributed by atoms with Crippen LogP contribution in [0.15, 0.2) is 53.3 Å². The van der Waals surface area contributed by atoms with Crippen molar-refractivity contribution in [2.24, 2.45) is 5.73 Å². The summed E-state index contributed by atoms with van der Waals surface area (Å²) in [5.41, 5.74) is 9.87. The molecular formula is C23H27N5O2. The summed E-state index contributed by atoms with van der Waals surface area (Å²) in [5, 5.41) is 8.85. The summed E-state index contributed by atoms with van der Waals surface area (Å²) in [5.74, 6) is 0. The van der Waals surface area contributed by atoms with Crippen LogP contribution < -0.4 is 16.2 Å². The van der Waals surface area contributed by atoms with Crippen molar-refractivity contribution >= 4 is 33.8 Å². The van der Waals surface area contributed by atoms with E-state index in [2.05, 4.69) is 10.2 Å². The van der Waals surface area contributed by atoms with E-state index in [1.807, 2.05) is 74.4 Å². The van der Waals surface area contributed by atoms with Crippen molar-refractivity contribution in [3.05, 3.63) is 70.1 Å². The van der Waals surface area contributed by atoms with Gasteiger partial charge in [-0.05, 0) is 50.2 Å². The van der Waals surface area contributed by atoms with E-state index in [0.29, 0.717) is 18.5 Å². The number of fused-ring (bicyclic) bond motifs is 3. The van der Waals surface area contributed by atoms with Crippen molar-refractivity contribution in [2.45, 2.75) is 19.9 Å². The number of hydrogen-bond donors (Lipinski definition) is 2. The Balaban J connectivity index is 0.000000199. The average molecular weight is 406 g/mol. The van der Waals surface area contributed by atoms with Gasteiger partial charge in [0.05, 0.1) is 10.9 Å². The van der Waals surface area contributed by atoms with Crippen LogP contribution in [-0.2, 0) is 6.54 Å². The molecule has 30 heavy (non-hydrogen) atoms. The highest BCUT2D eigenvalue weighted by atomic mass is 16.1. The van der Waals surface area contributed by atoms with E-state index in [-0.39, 0.29) is 5.56 Å². The van der Waals surface area contributed by atoms with Crippen LogP contribution in [0.1, 0.15) is 22.5 Å². The van der Waals surface area contributed by atoms with Crippen LogP contribution >= 0.6 is 0 Å². The van der Waals surface area contributed by atoms with Gasteiger partial charge in [-0.2, -0.15) is 5.10 Å². The first-order valence-electron chi connectivity index (χ1n) is 9.86. The molecule has 0 spiro atoms. The van der Waals surface area contributed by atoms with Crippen molar-refractivity contribution in [1.82, 2.24) is 14.8 Å². The fourth-order valence-electron chi connectivity index (χ4n) is 3.36. The number of aromatic amines is 1. The number of aldehydes is 1. The number of hydrogen-bond acceptors (Lipinski definition) is 5. The van der Waals surface area contributed by atoms with Gasteiger partial charge in [0.1, 0.15) is 11.8 Å². The molecule has 3 N–H and O–H groups in total. The van der Waals surface area contributed by atoms with E-state index in [9.17, 15) is 9.59 Å². The van der Waals surface area contributed by atoms with Crippen molar-refractivity contribution in [1.29, 1.82) is 0 Å². The molecule has 0 aliphatic heterocycles. The summed E-state index contributed by atoms with van der Waals surface area (Å²) in [4.78, 5) is 24.9. The Bertz CT molecular complexity index is 1210. The molecule has 0 aliphatic rings. The third kappa shape index (κ3) is 4.26. The third-order valence-corrected chi connectivity index (χ3v) is 4.99. The Morgan fingerprint density at radius 3 is 2.47 bits per heavy atom. The molecule has 0 saturated heterocycles. The standard InChI is InChI=1S/C14H16N4O.C9H11NO/c1-9-12-13(17-16-9)10-5-2-3-6-11(10)18(14(12)19)8-4-7-15;1-10(2)9-5-3-8(7-11)4-6-9/h2-3,5-6H,4,7-8,15H2,1H3,(H,16,17);3-7H,1-2H3. The minimum atomic E-state index is 0.00778. The number of pyridine rings is 1. The number of H-pyrrole nitrogens is 1. The minimum absolute atomic E-state index is 0.00778. The lowest BCUT2D eigenvalue weighted by Gasteiger charge is -2.11. The van der Waals surface area contributed by atoms with Gasteiger partial charge in [0.2, 0.25) is 0 Å². The van der Waals surface area contributed by atoms with Crippen LogP contribution in [0.25, 0.3) is 21.8 Å². The van der Waals surface area contributed by atoms with Gasteiger partial charge >= 0.3 is 0 Å². The topological polar surface area (TPSA) is 97.0 Å². The predicted molar refractivity (Wildman–Crippen MR) is 122 cm³/mol. The quantitative estimate of drug-likeness (QED) is 0.497. The molecule has 7 nitrogen and oxygen atoms in total. The molecule has 2 aromatic heterocycles. The number of para-hydroxylation sites is 1. The first-order valence-corrected chi connectivity index (χ1v) is 9.86. The second-order valence-corrected chi connectivity index (χ2v) is 7.29. The van der Waals surface area contributed by atoms with Crippen LogP contribution in [0.4, 0.5) is 5.69 Å². The predicted octanol–water partition coefficient (Wildman–Crippen LogP) is 3.10. The summed E-state index contributed by atoms with van der Waals surface area (Å²) in [6.07, 6.45) is 1.63. The first kappa shape index (κ1) is 21.3. The number of aryl methyl sites for hydroxylation is 2. The Kier molecular flexibility index (Phi) is 6.64.